The first kappa shape index (κ1) is 17.3. The SMILES string of the molecule is O=C(Nc1ccc(Br)c(Cl)c1F)N1CCCC(C(F)(F)F)C1. The first-order valence-corrected chi connectivity index (χ1v) is 7.63. The quantitative estimate of drug-likeness (QED) is 0.517. The van der Waals surface area contributed by atoms with Crippen LogP contribution in [-0.2, 0) is 0 Å². The zero-order valence-electron chi connectivity index (χ0n) is 11.2. The van der Waals surface area contributed by atoms with Gasteiger partial charge in [0.15, 0.2) is 5.82 Å². The number of alkyl halides is 3. The van der Waals surface area contributed by atoms with Crippen molar-refractivity contribution in [3.05, 3.63) is 27.4 Å². The Labute approximate surface area is 137 Å². The molecule has 122 valence electrons. The monoisotopic (exact) mass is 402 g/mol. The van der Waals surface area contributed by atoms with E-state index in [1.165, 1.54) is 12.1 Å². The van der Waals surface area contributed by atoms with Crippen molar-refractivity contribution in [2.75, 3.05) is 18.4 Å². The first-order chi connectivity index (χ1) is 10.2. The Morgan fingerprint density at radius 2 is 2.09 bits per heavy atom. The molecule has 9 heteroatoms. The highest BCUT2D eigenvalue weighted by Gasteiger charge is 2.42. The van der Waals surface area contributed by atoms with Crippen molar-refractivity contribution in [3.63, 3.8) is 0 Å². The number of nitrogens with one attached hydrogen (secondary N) is 1. The molecule has 0 spiro atoms. The van der Waals surface area contributed by atoms with Crippen LogP contribution in [0, 0.1) is 11.7 Å². The summed E-state index contributed by atoms with van der Waals surface area (Å²) < 4.78 is 52.4. The fourth-order valence-corrected chi connectivity index (χ4v) is 2.72. The summed E-state index contributed by atoms with van der Waals surface area (Å²) in [5.74, 6) is -2.39. The van der Waals surface area contributed by atoms with E-state index in [1.807, 2.05) is 0 Å². The van der Waals surface area contributed by atoms with Gasteiger partial charge in [-0.3, -0.25) is 0 Å². The van der Waals surface area contributed by atoms with Gasteiger partial charge in [-0.05, 0) is 40.9 Å². The number of benzene rings is 1. The molecule has 1 aliphatic rings. The number of likely N-dealkylation sites (tertiary alicyclic amines) is 1. The van der Waals surface area contributed by atoms with E-state index in [0.29, 0.717) is 4.47 Å². The van der Waals surface area contributed by atoms with Gasteiger partial charge in [0.25, 0.3) is 0 Å². The molecule has 1 heterocycles. The average Bonchev–Trinajstić information content (AvgIpc) is 2.47. The Morgan fingerprint density at radius 3 is 2.73 bits per heavy atom. The number of urea groups is 1. The molecule has 1 fully saturated rings. The number of hydrogen-bond acceptors (Lipinski definition) is 1. The van der Waals surface area contributed by atoms with Crippen LogP contribution in [0.15, 0.2) is 16.6 Å². The van der Waals surface area contributed by atoms with Gasteiger partial charge in [0, 0.05) is 17.6 Å². The minimum atomic E-state index is -4.34. The first-order valence-electron chi connectivity index (χ1n) is 6.46. The van der Waals surface area contributed by atoms with Crippen LogP contribution in [0.4, 0.5) is 28.0 Å². The lowest BCUT2D eigenvalue weighted by Crippen LogP contribution is -2.46. The molecule has 0 aromatic heterocycles. The smallest absolute Gasteiger partial charge is 0.324 e. The third kappa shape index (κ3) is 3.84. The number of amides is 2. The molecule has 0 radical (unpaired) electrons. The Hall–Kier alpha value is -1.02. The third-order valence-corrected chi connectivity index (χ3v) is 4.71. The van der Waals surface area contributed by atoms with E-state index in [1.54, 1.807) is 0 Å². The number of nitrogens with zero attached hydrogens (tertiary/aromatic N) is 1. The lowest BCUT2D eigenvalue weighted by atomic mass is 9.98. The number of carbonyl (C=O) groups excluding carboxylic acids is 1. The molecular formula is C13H12BrClF4N2O. The number of anilines is 1. The molecule has 1 aliphatic heterocycles. The van der Waals surface area contributed by atoms with Crippen molar-refractivity contribution in [3.8, 4) is 0 Å². The van der Waals surface area contributed by atoms with Crippen LogP contribution >= 0.6 is 27.5 Å². The van der Waals surface area contributed by atoms with E-state index < -0.39 is 30.5 Å². The molecule has 1 unspecified atom stereocenters. The minimum Gasteiger partial charge on any atom is -0.324 e. The predicted molar refractivity (Wildman–Crippen MR) is 78.5 cm³/mol. The maximum atomic E-state index is 13.9. The minimum absolute atomic E-state index is 0.00818. The lowest BCUT2D eigenvalue weighted by molar-refractivity contribution is -0.183. The molecule has 1 N–H and O–H groups in total. The second kappa shape index (κ2) is 6.62. The maximum absolute atomic E-state index is 13.9. The number of halogens is 6. The Balaban J connectivity index is 2.08. The van der Waals surface area contributed by atoms with Gasteiger partial charge in [0.1, 0.15) is 0 Å². The molecule has 0 bridgehead atoms. The van der Waals surface area contributed by atoms with Gasteiger partial charge in [-0.15, -0.1) is 0 Å². The molecule has 1 saturated heterocycles. The largest absolute Gasteiger partial charge is 0.393 e. The fraction of sp³-hybridized carbons (Fsp3) is 0.462. The van der Waals surface area contributed by atoms with Crippen LogP contribution in [-0.4, -0.2) is 30.2 Å². The summed E-state index contributed by atoms with van der Waals surface area (Å²) in [6, 6.07) is 1.95. The molecule has 1 atom stereocenters. The molecule has 0 aliphatic carbocycles. The van der Waals surface area contributed by atoms with Gasteiger partial charge >= 0.3 is 12.2 Å². The molecule has 2 amide bonds. The molecule has 3 nitrogen and oxygen atoms in total. The van der Waals surface area contributed by atoms with Crippen molar-refractivity contribution in [2.45, 2.75) is 19.0 Å². The van der Waals surface area contributed by atoms with E-state index in [9.17, 15) is 22.4 Å². The second-order valence-electron chi connectivity index (χ2n) is 4.98. The molecule has 1 aromatic carbocycles. The fourth-order valence-electron chi connectivity index (χ4n) is 2.25. The summed E-state index contributed by atoms with van der Waals surface area (Å²) in [5, 5.41) is 2.06. The predicted octanol–water partition coefficient (Wildman–Crippen LogP) is 5.05. The van der Waals surface area contributed by atoms with Gasteiger partial charge in [0.05, 0.1) is 16.6 Å². The summed E-state index contributed by atoms with van der Waals surface area (Å²) >= 11 is 8.73. The van der Waals surface area contributed by atoms with E-state index in [4.69, 9.17) is 11.6 Å². The molecule has 22 heavy (non-hydrogen) atoms. The van der Waals surface area contributed by atoms with E-state index in [0.717, 1.165) is 4.90 Å². The average molecular weight is 404 g/mol. The van der Waals surface area contributed by atoms with Crippen molar-refractivity contribution in [2.24, 2.45) is 5.92 Å². The highest BCUT2D eigenvalue weighted by atomic mass is 79.9. The highest BCUT2D eigenvalue weighted by Crippen LogP contribution is 2.34. The summed E-state index contributed by atoms with van der Waals surface area (Å²) in [4.78, 5) is 13.1. The number of carbonyl (C=O) groups is 1. The number of piperidine rings is 1. The Kier molecular flexibility index (Phi) is 5.21. The lowest BCUT2D eigenvalue weighted by Gasteiger charge is -2.33. The zero-order chi connectivity index (χ0) is 16.5. The molecule has 1 aromatic rings. The number of hydrogen-bond donors (Lipinski definition) is 1. The zero-order valence-corrected chi connectivity index (χ0v) is 13.5. The maximum Gasteiger partial charge on any atom is 0.393 e. The van der Waals surface area contributed by atoms with E-state index in [-0.39, 0.29) is 30.1 Å². The molecule has 2 rings (SSSR count). The van der Waals surface area contributed by atoms with Crippen LogP contribution in [0.5, 0.6) is 0 Å². The van der Waals surface area contributed by atoms with Crippen LogP contribution in [0.25, 0.3) is 0 Å². The highest BCUT2D eigenvalue weighted by molar-refractivity contribution is 9.10. The summed E-state index contributed by atoms with van der Waals surface area (Å²) in [6.07, 6.45) is -4.10. The van der Waals surface area contributed by atoms with Crippen molar-refractivity contribution >= 4 is 39.2 Å². The van der Waals surface area contributed by atoms with Gasteiger partial charge in [-0.2, -0.15) is 13.2 Å². The number of rotatable bonds is 1. The van der Waals surface area contributed by atoms with Crippen LogP contribution in [0.2, 0.25) is 5.02 Å². The Bertz CT molecular complexity index is 582. The summed E-state index contributed by atoms with van der Waals surface area (Å²) in [5.41, 5.74) is -0.174. The second-order valence-corrected chi connectivity index (χ2v) is 6.21. The van der Waals surface area contributed by atoms with E-state index >= 15 is 0 Å². The van der Waals surface area contributed by atoms with Crippen LogP contribution in [0.3, 0.4) is 0 Å². The van der Waals surface area contributed by atoms with Gasteiger partial charge in [-0.25, -0.2) is 9.18 Å². The van der Waals surface area contributed by atoms with Crippen molar-refractivity contribution in [1.29, 1.82) is 0 Å². The van der Waals surface area contributed by atoms with Crippen molar-refractivity contribution in [1.82, 2.24) is 4.90 Å². The normalized spacial score (nSPS) is 19.2. The third-order valence-electron chi connectivity index (χ3n) is 3.45. The Morgan fingerprint density at radius 1 is 1.41 bits per heavy atom. The molecule has 0 saturated carbocycles. The van der Waals surface area contributed by atoms with Crippen LogP contribution in [0.1, 0.15) is 12.8 Å². The van der Waals surface area contributed by atoms with E-state index in [2.05, 4.69) is 21.2 Å². The van der Waals surface area contributed by atoms with Gasteiger partial charge in [0.2, 0.25) is 0 Å². The summed E-state index contributed by atoms with van der Waals surface area (Å²) in [7, 11) is 0. The van der Waals surface area contributed by atoms with Gasteiger partial charge in [-0.1, -0.05) is 11.6 Å². The standard InChI is InChI=1S/C13H12BrClF4N2O/c14-8-3-4-9(11(16)10(8)15)20-12(22)21-5-1-2-7(6-21)13(17,18)19/h3-4,7H,1-2,5-6H2,(H,20,22). The topological polar surface area (TPSA) is 32.3 Å². The van der Waals surface area contributed by atoms with Gasteiger partial charge < -0.3 is 10.2 Å². The molecular weight excluding hydrogens is 392 g/mol. The summed E-state index contributed by atoms with van der Waals surface area (Å²) in [6.45, 7) is -0.231. The van der Waals surface area contributed by atoms with Crippen molar-refractivity contribution < 1.29 is 22.4 Å². The van der Waals surface area contributed by atoms with Crippen LogP contribution < -0.4 is 5.32 Å².